The van der Waals surface area contributed by atoms with Crippen molar-refractivity contribution in [3.05, 3.63) is 53.4 Å². The molecule has 29 heavy (non-hydrogen) atoms. The van der Waals surface area contributed by atoms with Crippen molar-refractivity contribution in [1.82, 2.24) is 20.3 Å². The van der Waals surface area contributed by atoms with Crippen molar-refractivity contribution in [3.63, 3.8) is 0 Å². The quantitative estimate of drug-likeness (QED) is 0.358. The van der Waals surface area contributed by atoms with Crippen LogP contribution in [0.4, 0.5) is 8.78 Å². The second-order valence-electron chi connectivity index (χ2n) is 6.77. The fraction of sp³-hybridized carbons (Fsp3) is 0.500. The monoisotopic (exact) mass is 519 g/mol. The number of nitrogens with one attached hydrogen (secondary N) is 1. The lowest BCUT2D eigenvalue weighted by molar-refractivity contribution is 0.124. The van der Waals surface area contributed by atoms with E-state index in [4.69, 9.17) is 4.52 Å². The Kier molecular flexibility index (Phi) is 9.28. The summed E-state index contributed by atoms with van der Waals surface area (Å²) in [6, 6.07) is 5.60. The molecule has 2 aromatic rings. The third-order valence-corrected chi connectivity index (χ3v) is 4.98. The highest BCUT2D eigenvalue weighted by Gasteiger charge is 2.27. The summed E-state index contributed by atoms with van der Waals surface area (Å²) in [5, 5.41) is 7.21. The minimum absolute atomic E-state index is 0. The highest BCUT2D eigenvalue weighted by molar-refractivity contribution is 14.0. The molecule has 1 aromatic heterocycles. The summed E-state index contributed by atoms with van der Waals surface area (Å²) in [4.78, 5) is 9.10. The zero-order valence-electron chi connectivity index (χ0n) is 16.8. The lowest BCUT2D eigenvalue weighted by Crippen LogP contribution is -2.53. The van der Waals surface area contributed by atoms with E-state index in [9.17, 15) is 8.78 Å². The smallest absolute Gasteiger partial charge is 0.194 e. The first kappa shape index (κ1) is 23.5. The molecule has 1 aliphatic rings. The molecule has 1 fully saturated rings. The van der Waals surface area contributed by atoms with Gasteiger partial charge in [-0.1, -0.05) is 18.1 Å². The number of halogens is 3. The maximum absolute atomic E-state index is 14.3. The number of aliphatic imine (C=N–C) groups is 1. The number of guanidine groups is 1. The highest BCUT2D eigenvalue weighted by atomic mass is 127. The van der Waals surface area contributed by atoms with Gasteiger partial charge in [0.05, 0.1) is 6.54 Å². The predicted molar refractivity (Wildman–Crippen MR) is 119 cm³/mol. The number of benzene rings is 1. The fourth-order valence-corrected chi connectivity index (χ4v) is 3.59. The van der Waals surface area contributed by atoms with Crippen LogP contribution in [0.25, 0.3) is 0 Å². The van der Waals surface area contributed by atoms with Gasteiger partial charge in [0.15, 0.2) is 5.96 Å². The van der Waals surface area contributed by atoms with Gasteiger partial charge < -0.3 is 14.7 Å². The third kappa shape index (κ3) is 6.11. The fourth-order valence-electron chi connectivity index (χ4n) is 3.59. The van der Waals surface area contributed by atoms with Gasteiger partial charge in [-0.25, -0.2) is 13.8 Å². The molecule has 6 nitrogen and oxygen atoms in total. The number of rotatable bonds is 6. The Bertz CT molecular complexity index is 779. The molecule has 1 N–H and O–H groups in total. The topological polar surface area (TPSA) is 56.9 Å². The summed E-state index contributed by atoms with van der Waals surface area (Å²) < 4.78 is 32.4. The molecule has 0 spiro atoms. The standard InChI is InChI=1S/C20H27F2N5O.HI/c1-3-19(17-6-5-15(21)13-18(17)22)26-8-10-27(11-9-26)20(23-4-2)24-14-16-7-12-28-25-16;/h5-7,12-13,19H,3-4,8-11,14H2,1-2H3,(H,23,24);1H. The normalized spacial score (nSPS) is 16.4. The zero-order valence-corrected chi connectivity index (χ0v) is 19.1. The van der Waals surface area contributed by atoms with E-state index in [-0.39, 0.29) is 30.0 Å². The second kappa shape index (κ2) is 11.4. The molecule has 160 valence electrons. The zero-order chi connectivity index (χ0) is 19.9. The first-order valence-electron chi connectivity index (χ1n) is 9.73. The summed E-state index contributed by atoms with van der Waals surface area (Å²) in [5.74, 6) is -0.178. The van der Waals surface area contributed by atoms with Crippen LogP contribution in [0.3, 0.4) is 0 Å². The molecule has 1 aliphatic heterocycles. The van der Waals surface area contributed by atoms with Crippen molar-refractivity contribution in [3.8, 4) is 0 Å². The molecule has 1 unspecified atom stereocenters. The third-order valence-electron chi connectivity index (χ3n) is 4.98. The minimum Gasteiger partial charge on any atom is -0.364 e. The van der Waals surface area contributed by atoms with Gasteiger partial charge in [-0.15, -0.1) is 24.0 Å². The molecule has 2 heterocycles. The second-order valence-corrected chi connectivity index (χ2v) is 6.77. The molecule has 1 atom stereocenters. The molecule has 0 amide bonds. The number of nitrogens with zero attached hydrogens (tertiary/aromatic N) is 4. The summed E-state index contributed by atoms with van der Waals surface area (Å²) in [6.07, 6.45) is 2.30. The number of piperazine rings is 1. The van der Waals surface area contributed by atoms with E-state index in [1.807, 2.05) is 13.8 Å². The molecule has 1 saturated heterocycles. The van der Waals surface area contributed by atoms with Crippen LogP contribution in [0.1, 0.15) is 37.6 Å². The van der Waals surface area contributed by atoms with E-state index >= 15 is 0 Å². The Labute approximate surface area is 187 Å². The van der Waals surface area contributed by atoms with Crippen LogP contribution in [0, 0.1) is 11.6 Å². The largest absolute Gasteiger partial charge is 0.364 e. The average molecular weight is 519 g/mol. The Morgan fingerprint density at radius 2 is 1.97 bits per heavy atom. The molecule has 9 heteroatoms. The first-order valence-corrected chi connectivity index (χ1v) is 9.73. The summed E-state index contributed by atoms with van der Waals surface area (Å²) in [5.41, 5.74) is 1.34. The lowest BCUT2D eigenvalue weighted by atomic mass is 10.0. The summed E-state index contributed by atoms with van der Waals surface area (Å²) in [6.45, 7) is 8.42. The van der Waals surface area contributed by atoms with Crippen LogP contribution in [0.15, 0.2) is 40.0 Å². The number of hydrogen-bond acceptors (Lipinski definition) is 4. The molecule has 3 rings (SSSR count). The van der Waals surface area contributed by atoms with E-state index in [0.29, 0.717) is 12.1 Å². The molecule has 0 bridgehead atoms. The van der Waals surface area contributed by atoms with Crippen molar-refractivity contribution in [1.29, 1.82) is 0 Å². The van der Waals surface area contributed by atoms with Gasteiger partial charge in [-0.2, -0.15) is 0 Å². The van der Waals surface area contributed by atoms with Gasteiger partial charge in [0, 0.05) is 56.5 Å². The van der Waals surface area contributed by atoms with Crippen molar-refractivity contribution in [2.24, 2.45) is 4.99 Å². The number of aromatic nitrogens is 1. The van der Waals surface area contributed by atoms with Crippen molar-refractivity contribution < 1.29 is 13.3 Å². The van der Waals surface area contributed by atoms with Crippen LogP contribution in [-0.4, -0.2) is 53.6 Å². The molecular weight excluding hydrogens is 491 g/mol. The van der Waals surface area contributed by atoms with Gasteiger partial charge in [-0.05, 0) is 19.4 Å². The van der Waals surface area contributed by atoms with Crippen LogP contribution in [-0.2, 0) is 6.54 Å². The van der Waals surface area contributed by atoms with Crippen molar-refractivity contribution in [2.45, 2.75) is 32.9 Å². The molecular formula is C20H28F2IN5O. The van der Waals surface area contributed by atoms with E-state index in [1.54, 1.807) is 12.1 Å². The van der Waals surface area contributed by atoms with Gasteiger partial charge >= 0.3 is 0 Å². The summed E-state index contributed by atoms with van der Waals surface area (Å²) in [7, 11) is 0. The van der Waals surface area contributed by atoms with Crippen LogP contribution in [0.2, 0.25) is 0 Å². The lowest BCUT2D eigenvalue weighted by Gasteiger charge is -2.40. The number of hydrogen-bond donors (Lipinski definition) is 1. The van der Waals surface area contributed by atoms with Gasteiger partial charge in [0.25, 0.3) is 0 Å². The van der Waals surface area contributed by atoms with Gasteiger partial charge in [0.2, 0.25) is 0 Å². The molecule has 1 aromatic carbocycles. The molecule has 0 saturated carbocycles. The van der Waals surface area contributed by atoms with Crippen LogP contribution in [0.5, 0.6) is 0 Å². The Morgan fingerprint density at radius 3 is 2.55 bits per heavy atom. The molecule has 0 radical (unpaired) electrons. The van der Waals surface area contributed by atoms with Gasteiger partial charge in [-0.3, -0.25) is 4.90 Å². The van der Waals surface area contributed by atoms with Crippen molar-refractivity contribution in [2.75, 3.05) is 32.7 Å². The van der Waals surface area contributed by atoms with E-state index in [2.05, 4.69) is 25.3 Å². The van der Waals surface area contributed by atoms with E-state index in [1.165, 1.54) is 12.3 Å². The van der Waals surface area contributed by atoms with Crippen molar-refractivity contribution >= 4 is 29.9 Å². The summed E-state index contributed by atoms with van der Waals surface area (Å²) >= 11 is 0. The SMILES string of the molecule is CCNC(=NCc1ccon1)N1CCN(C(CC)c2ccc(F)cc2F)CC1.I. The van der Waals surface area contributed by atoms with Gasteiger partial charge in [0.1, 0.15) is 23.6 Å². The van der Waals surface area contributed by atoms with Crippen LogP contribution < -0.4 is 5.32 Å². The van der Waals surface area contributed by atoms with E-state index in [0.717, 1.165) is 56.9 Å². The maximum atomic E-state index is 14.3. The molecule has 0 aliphatic carbocycles. The Balaban J connectivity index is 0.00000300. The van der Waals surface area contributed by atoms with Crippen LogP contribution >= 0.6 is 24.0 Å². The predicted octanol–water partition coefficient (Wildman–Crippen LogP) is 3.81. The average Bonchev–Trinajstić information content (AvgIpc) is 3.21. The maximum Gasteiger partial charge on any atom is 0.194 e. The Morgan fingerprint density at radius 1 is 1.21 bits per heavy atom. The minimum atomic E-state index is -0.542. The highest BCUT2D eigenvalue weighted by Crippen LogP contribution is 2.28. The Hall–Kier alpha value is -1.75. The first-order chi connectivity index (χ1) is 13.6. The van der Waals surface area contributed by atoms with E-state index < -0.39 is 11.6 Å².